The van der Waals surface area contributed by atoms with Crippen molar-refractivity contribution >= 4 is 17.5 Å². The summed E-state index contributed by atoms with van der Waals surface area (Å²) >= 11 is 0. The highest BCUT2D eigenvalue weighted by molar-refractivity contribution is 5.91. The first-order valence-electron chi connectivity index (χ1n) is 9.75. The topological polar surface area (TPSA) is 63.1 Å². The predicted molar refractivity (Wildman–Crippen MR) is 109 cm³/mol. The smallest absolute Gasteiger partial charge is 0.279 e. The largest absolute Gasteiger partial charge is 0.496 e. The third-order valence-corrected chi connectivity index (χ3v) is 5.14. The molecule has 0 spiro atoms. The molecule has 2 N–H and O–H groups in total. The number of amides is 2. The lowest BCUT2D eigenvalue weighted by Crippen LogP contribution is -3.15. The zero-order valence-electron chi connectivity index (χ0n) is 16.8. The monoisotopic (exact) mass is 400 g/mol. The van der Waals surface area contributed by atoms with Crippen LogP contribution in [0.5, 0.6) is 5.75 Å². The summed E-state index contributed by atoms with van der Waals surface area (Å²) in [6, 6.07) is 11.5. The number of halogens is 1. The summed E-state index contributed by atoms with van der Waals surface area (Å²) in [6.07, 6.45) is 0.311. The summed E-state index contributed by atoms with van der Waals surface area (Å²) in [5.41, 5.74) is 2.57. The molecule has 1 fully saturated rings. The molecule has 2 aromatic carbocycles. The van der Waals surface area contributed by atoms with Gasteiger partial charge in [-0.1, -0.05) is 17.7 Å². The van der Waals surface area contributed by atoms with E-state index in [1.165, 1.54) is 12.1 Å². The van der Waals surface area contributed by atoms with Gasteiger partial charge in [-0.25, -0.2) is 4.39 Å². The van der Waals surface area contributed by atoms with Crippen LogP contribution in [0.15, 0.2) is 42.5 Å². The van der Waals surface area contributed by atoms with Crippen LogP contribution in [0.4, 0.5) is 10.1 Å². The maximum atomic E-state index is 12.9. The van der Waals surface area contributed by atoms with Gasteiger partial charge < -0.3 is 19.9 Å². The number of nitrogens with zero attached hydrogens (tertiary/aromatic N) is 1. The molecule has 0 aromatic heterocycles. The highest BCUT2D eigenvalue weighted by atomic mass is 19.1. The van der Waals surface area contributed by atoms with Crippen molar-refractivity contribution in [3.63, 3.8) is 0 Å². The third kappa shape index (κ3) is 5.77. The second kappa shape index (κ2) is 9.52. The Bertz CT molecular complexity index is 862. The van der Waals surface area contributed by atoms with Gasteiger partial charge in [-0.3, -0.25) is 9.59 Å². The second-order valence-electron chi connectivity index (χ2n) is 7.35. The van der Waals surface area contributed by atoms with Crippen molar-refractivity contribution in [3.8, 4) is 5.75 Å². The Labute approximate surface area is 170 Å². The summed E-state index contributed by atoms with van der Waals surface area (Å²) in [4.78, 5) is 27.9. The lowest BCUT2D eigenvalue weighted by molar-refractivity contribution is -0.895. The van der Waals surface area contributed by atoms with Crippen LogP contribution in [-0.4, -0.2) is 56.5 Å². The molecule has 6 nitrogen and oxygen atoms in total. The van der Waals surface area contributed by atoms with Crippen molar-refractivity contribution < 1.29 is 23.6 Å². The number of rotatable bonds is 6. The number of quaternary nitrogens is 1. The quantitative estimate of drug-likeness (QED) is 0.762. The Morgan fingerprint density at radius 3 is 2.48 bits per heavy atom. The molecule has 0 saturated carbocycles. The Morgan fingerprint density at radius 2 is 1.83 bits per heavy atom. The third-order valence-electron chi connectivity index (χ3n) is 5.14. The Kier molecular flexibility index (Phi) is 6.82. The van der Waals surface area contributed by atoms with Gasteiger partial charge in [0.15, 0.2) is 6.54 Å². The standard InChI is InChI=1S/C22H26FN3O3/c1-16-3-8-20(29-2)17(13-16)14-22(28)26-11-9-25(10-12-26)15-21(27)24-19-6-4-18(23)5-7-19/h3-8,13H,9-12,14-15H2,1-2H3,(H,24,27)/p+1. The molecule has 0 radical (unpaired) electrons. The average molecular weight is 400 g/mol. The molecule has 1 saturated heterocycles. The highest BCUT2D eigenvalue weighted by Crippen LogP contribution is 2.20. The lowest BCUT2D eigenvalue weighted by atomic mass is 10.1. The van der Waals surface area contributed by atoms with E-state index in [1.807, 2.05) is 30.0 Å². The molecule has 29 heavy (non-hydrogen) atoms. The fourth-order valence-electron chi connectivity index (χ4n) is 3.53. The normalized spacial score (nSPS) is 14.5. The van der Waals surface area contributed by atoms with E-state index in [4.69, 9.17) is 4.74 Å². The van der Waals surface area contributed by atoms with Crippen LogP contribution < -0.4 is 15.0 Å². The summed E-state index contributed by atoms with van der Waals surface area (Å²) in [5.74, 6) is 0.350. The molecule has 0 aliphatic carbocycles. The zero-order chi connectivity index (χ0) is 20.8. The number of piperazine rings is 1. The van der Waals surface area contributed by atoms with E-state index in [9.17, 15) is 14.0 Å². The zero-order valence-corrected chi connectivity index (χ0v) is 16.8. The molecule has 0 unspecified atom stereocenters. The van der Waals surface area contributed by atoms with Gasteiger partial charge in [0.2, 0.25) is 5.91 Å². The number of ether oxygens (including phenoxy) is 1. The number of hydrogen-bond donors (Lipinski definition) is 2. The van der Waals surface area contributed by atoms with E-state index in [0.717, 1.165) is 21.8 Å². The highest BCUT2D eigenvalue weighted by Gasteiger charge is 2.25. The molecule has 2 aromatic rings. The first-order valence-corrected chi connectivity index (χ1v) is 9.75. The first-order chi connectivity index (χ1) is 13.9. The van der Waals surface area contributed by atoms with Gasteiger partial charge in [-0.05, 0) is 37.3 Å². The number of hydrogen-bond acceptors (Lipinski definition) is 3. The molecule has 0 atom stereocenters. The fraction of sp³-hybridized carbons (Fsp3) is 0.364. The van der Waals surface area contributed by atoms with Crippen molar-refractivity contribution in [1.82, 2.24) is 4.90 Å². The molecule has 0 bridgehead atoms. The van der Waals surface area contributed by atoms with Gasteiger partial charge >= 0.3 is 0 Å². The minimum Gasteiger partial charge on any atom is -0.496 e. The van der Waals surface area contributed by atoms with Gasteiger partial charge in [0.25, 0.3) is 5.91 Å². The van der Waals surface area contributed by atoms with E-state index in [2.05, 4.69) is 5.32 Å². The molecular formula is C22H27FN3O3+. The van der Waals surface area contributed by atoms with Crippen molar-refractivity contribution in [1.29, 1.82) is 0 Å². The molecular weight excluding hydrogens is 373 g/mol. The summed E-state index contributed by atoms with van der Waals surface area (Å²) in [5, 5.41) is 2.78. The number of carbonyl (C=O) groups excluding carboxylic acids is 2. The van der Waals surface area contributed by atoms with Gasteiger partial charge in [0, 0.05) is 11.3 Å². The van der Waals surface area contributed by atoms with Crippen LogP contribution in [0.2, 0.25) is 0 Å². The Balaban J connectivity index is 1.47. The van der Waals surface area contributed by atoms with Crippen molar-refractivity contribution in [2.24, 2.45) is 0 Å². The average Bonchev–Trinajstić information content (AvgIpc) is 2.70. The number of aryl methyl sites for hydroxylation is 1. The first kappa shape index (κ1) is 20.8. The number of benzene rings is 2. The van der Waals surface area contributed by atoms with Crippen LogP contribution in [-0.2, 0) is 16.0 Å². The van der Waals surface area contributed by atoms with Crippen molar-refractivity contribution in [2.75, 3.05) is 45.2 Å². The van der Waals surface area contributed by atoms with Crippen LogP contribution in [0.1, 0.15) is 11.1 Å². The number of anilines is 1. The summed E-state index contributed by atoms with van der Waals surface area (Å²) in [7, 11) is 1.61. The fourth-order valence-corrected chi connectivity index (χ4v) is 3.53. The molecule has 154 valence electrons. The molecule has 2 amide bonds. The molecule has 7 heteroatoms. The van der Waals surface area contributed by atoms with Crippen molar-refractivity contribution in [2.45, 2.75) is 13.3 Å². The van der Waals surface area contributed by atoms with Gasteiger partial charge in [-0.15, -0.1) is 0 Å². The van der Waals surface area contributed by atoms with Gasteiger partial charge in [-0.2, -0.15) is 0 Å². The molecule has 3 rings (SSSR count). The van der Waals surface area contributed by atoms with Crippen molar-refractivity contribution in [3.05, 3.63) is 59.4 Å². The summed E-state index contributed by atoms with van der Waals surface area (Å²) in [6.45, 7) is 4.98. The molecule has 1 aliphatic heterocycles. The van der Waals surface area contributed by atoms with Gasteiger partial charge in [0.05, 0.1) is 39.7 Å². The van der Waals surface area contributed by atoms with Gasteiger partial charge in [0.1, 0.15) is 11.6 Å². The second-order valence-corrected chi connectivity index (χ2v) is 7.35. The predicted octanol–water partition coefficient (Wildman–Crippen LogP) is 1.05. The number of carbonyl (C=O) groups is 2. The van der Waals surface area contributed by atoms with Crippen LogP contribution in [0.25, 0.3) is 0 Å². The maximum Gasteiger partial charge on any atom is 0.279 e. The lowest BCUT2D eigenvalue weighted by Gasteiger charge is -2.32. The van der Waals surface area contributed by atoms with E-state index < -0.39 is 0 Å². The van der Waals surface area contributed by atoms with E-state index in [1.54, 1.807) is 19.2 Å². The van der Waals surface area contributed by atoms with Crippen LogP contribution >= 0.6 is 0 Å². The number of nitrogens with one attached hydrogen (secondary N) is 2. The van der Waals surface area contributed by atoms with Crippen LogP contribution in [0, 0.1) is 12.7 Å². The molecule has 1 heterocycles. The Morgan fingerprint density at radius 1 is 1.14 bits per heavy atom. The maximum absolute atomic E-state index is 12.9. The Hall–Kier alpha value is -2.93. The SMILES string of the molecule is COc1ccc(C)cc1CC(=O)N1CC[NH+](CC(=O)Nc2ccc(F)cc2)CC1. The number of methoxy groups -OCH3 is 1. The van der Waals surface area contributed by atoms with E-state index in [0.29, 0.717) is 44.8 Å². The minimum absolute atomic E-state index is 0.0729. The van der Waals surface area contributed by atoms with E-state index in [-0.39, 0.29) is 17.6 Å². The van der Waals surface area contributed by atoms with E-state index >= 15 is 0 Å². The summed E-state index contributed by atoms with van der Waals surface area (Å²) < 4.78 is 18.3. The minimum atomic E-state index is -0.335. The molecule has 1 aliphatic rings. The van der Waals surface area contributed by atoms with Crippen LogP contribution in [0.3, 0.4) is 0 Å².